The Morgan fingerprint density at radius 1 is 1.22 bits per heavy atom. The fraction of sp³-hybridized carbons (Fsp3) is 0.611. The molecule has 3 rings (SSSR count). The first-order chi connectivity index (χ1) is 11.0. The molecule has 0 amide bonds. The molecule has 1 N–H and O–H groups in total. The van der Waals surface area contributed by atoms with Gasteiger partial charge in [-0.2, -0.15) is 0 Å². The molecule has 0 bridgehead atoms. The van der Waals surface area contributed by atoms with E-state index in [0.717, 1.165) is 23.3 Å². The number of aryl methyl sites for hydroxylation is 1. The summed E-state index contributed by atoms with van der Waals surface area (Å²) >= 11 is 1.33. The predicted molar refractivity (Wildman–Crippen MR) is 98.4 cm³/mol. The fourth-order valence-corrected chi connectivity index (χ4v) is 4.25. The largest absolute Gasteiger partial charge is 0.307 e. The van der Waals surface area contributed by atoms with Gasteiger partial charge >= 0.3 is 4.87 Å². The lowest BCUT2D eigenvalue weighted by atomic mass is 9.94. The van der Waals surface area contributed by atoms with E-state index in [9.17, 15) is 4.79 Å². The smallest absolute Gasteiger partial charge is 0.307 e. The van der Waals surface area contributed by atoms with Crippen molar-refractivity contribution in [2.75, 3.05) is 26.2 Å². The van der Waals surface area contributed by atoms with Crippen LogP contribution in [-0.2, 0) is 12.6 Å². The van der Waals surface area contributed by atoms with Gasteiger partial charge in [-0.05, 0) is 57.5 Å². The van der Waals surface area contributed by atoms with Gasteiger partial charge in [0.2, 0.25) is 0 Å². The molecule has 0 spiro atoms. The number of likely N-dealkylation sites (tertiary alicyclic amines) is 1. The molecule has 1 aliphatic heterocycles. The first-order valence-electron chi connectivity index (χ1n) is 8.55. The Bertz CT molecular complexity index is 725. The van der Waals surface area contributed by atoms with Crippen LogP contribution in [0.5, 0.6) is 0 Å². The lowest BCUT2D eigenvalue weighted by Crippen LogP contribution is -2.42. The lowest BCUT2D eigenvalue weighted by Gasteiger charge is -2.31. The average molecular weight is 334 g/mol. The molecule has 23 heavy (non-hydrogen) atoms. The molecule has 0 aliphatic carbocycles. The van der Waals surface area contributed by atoms with Crippen LogP contribution in [0.15, 0.2) is 23.0 Å². The van der Waals surface area contributed by atoms with Crippen molar-refractivity contribution in [3.63, 3.8) is 0 Å². The second-order valence-corrected chi connectivity index (χ2v) is 8.06. The Morgan fingerprint density at radius 2 is 1.96 bits per heavy atom. The number of aromatic nitrogens is 1. The highest BCUT2D eigenvalue weighted by molar-refractivity contribution is 7.16. The van der Waals surface area contributed by atoms with Gasteiger partial charge in [-0.1, -0.05) is 23.8 Å². The van der Waals surface area contributed by atoms with Gasteiger partial charge < -0.3 is 14.8 Å². The van der Waals surface area contributed by atoms with E-state index in [4.69, 9.17) is 0 Å². The number of rotatable bonds is 5. The van der Waals surface area contributed by atoms with Crippen molar-refractivity contribution >= 4 is 21.6 Å². The van der Waals surface area contributed by atoms with E-state index >= 15 is 0 Å². The molecule has 1 aliphatic rings. The van der Waals surface area contributed by atoms with Crippen molar-refractivity contribution in [3.05, 3.63) is 33.4 Å². The number of piperidine rings is 1. The lowest BCUT2D eigenvalue weighted by molar-refractivity contribution is 0.220. The fourth-order valence-electron chi connectivity index (χ4n) is 3.33. The highest BCUT2D eigenvalue weighted by atomic mass is 32.1. The summed E-state index contributed by atoms with van der Waals surface area (Å²) in [6.07, 6.45) is 4.06. The molecule has 1 saturated heterocycles. The van der Waals surface area contributed by atoms with Crippen LogP contribution >= 0.6 is 11.3 Å². The van der Waals surface area contributed by atoms with Gasteiger partial charge in [0.05, 0.1) is 10.2 Å². The van der Waals surface area contributed by atoms with E-state index < -0.39 is 0 Å². The Labute approximate surface area is 142 Å². The molecule has 0 saturated carbocycles. The summed E-state index contributed by atoms with van der Waals surface area (Å²) in [6.45, 7) is 9.03. The molecule has 4 nitrogen and oxygen atoms in total. The molecule has 0 unspecified atom stereocenters. The molecule has 2 aromatic rings. The van der Waals surface area contributed by atoms with Crippen molar-refractivity contribution in [1.29, 1.82) is 0 Å². The standard InChI is InChI=1S/C18H27N3OS/c1-18(2,19-9-12-21-10-5-4-6-11-21)14-7-8-15-16(13-14)23-17(22)20(15)3/h7-8,13,19H,4-6,9-12H2,1-3H3. The number of thiazole rings is 1. The van der Waals surface area contributed by atoms with Crippen molar-refractivity contribution in [2.45, 2.75) is 38.6 Å². The molecule has 0 atom stereocenters. The second kappa shape index (κ2) is 6.75. The molecule has 126 valence electrons. The molecule has 0 radical (unpaired) electrons. The molecule has 1 aromatic heterocycles. The molecular formula is C18H27N3OS. The van der Waals surface area contributed by atoms with Crippen LogP contribution < -0.4 is 10.2 Å². The van der Waals surface area contributed by atoms with Gasteiger partial charge in [0.25, 0.3) is 0 Å². The molecule has 2 heterocycles. The third kappa shape index (κ3) is 3.67. The maximum atomic E-state index is 11.8. The summed E-state index contributed by atoms with van der Waals surface area (Å²) in [5.74, 6) is 0. The third-order valence-corrected chi connectivity index (χ3v) is 5.95. The van der Waals surface area contributed by atoms with Gasteiger partial charge in [0.15, 0.2) is 0 Å². The van der Waals surface area contributed by atoms with Crippen LogP contribution in [0.3, 0.4) is 0 Å². The van der Waals surface area contributed by atoms with E-state index in [1.807, 2.05) is 7.05 Å². The molecule has 1 fully saturated rings. The minimum Gasteiger partial charge on any atom is -0.307 e. The van der Waals surface area contributed by atoms with E-state index in [1.54, 1.807) is 4.57 Å². The Hall–Kier alpha value is -1.17. The Balaban J connectivity index is 1.67. The van der Waals surface area contributed by atoms with Gasteiger partial charge in [0.1, 0.15) is 0 Å². The summed E-state index contributed by atoms with van der Waals surface area (Å²) < 4.78 is 2.79. The average Bonchev–Trinajstić information content (AvgIpc) is 2.82. The second-order valence-electron chi connectivity index (χ2n) is 7.06. The number of benzene rings is 1. The monoisotopic (exact) mass is 333 g/mol. The number of hydrogen-bond acceptors (Lipinski definition) is 4. The van der Waals surface area contributed by atoms with Crippen LogP contribution in [0.1, 0.15) is 38.7 Å². The molecular weight excluding hydrogens is 306 g/mol. The quantitative estimate of drug-likeness (QED) is 0.914. The normalized spacial score (nSPS) is 17.0. The van der Waals surface area contributed by atoms with Crippen molar-refractivity contribution < 1.29 is 0 Å². The molecule has 5 heteroatoms. The zero-order valence-corrected chi connectivity index (χ0v) is 15.2. The van der Waals surface area contributed by atoms with E-state index in [0.29, 0.717) is 0 Å². The maximum Gasteiger partial charge on any atom is 0.307 e. The number of fused-ring (bicyclic) bond motifs is 1. The summed E-state index contributed by atoms with van der Waals surface area (Å²) in [5.41, 5.74) is 2.17. The van der Waals surface area contributed by atoms with Crippen molar-refractivity contribution in [1.82, 2.24) is 14.8 Å². The van der Waals surface area contributed by atoms with Gasteiger partial charge in [-0.15, -0.1) is 0 Å². The van der Waals surface area contributed by atoms with Crippen molar-refractivity contribution in [2.24, 2.45) is 7.05 Å². The van der Waals surface area contributed by atoms with Gasteiger partial charge in [-0.25, -0.2) is 0 Å². The summed E-state index contributed by atoms with van der Waals surface area (Å²) in [7, 11) is 1.84. The van der Waals surface area contributed by atoms with E-state index in [-0.39, 0.29) is 10.4 Å². The maximum absolute atomic E-state index is 11.8. The summed E-state index contributed by atoms with van der Waals surface area (Å²) in [5, 5.41) is 3.69. The van der Waals surface area contributed by atoms with Crippen LogP contribution in [0.25, 0.3) is 10.2 Å². The van der Waals surface area contributed by atoms with Crippen LogP contribution in [0, 0.1) is 0 Å². The van der Waals surface area contributed by atoms with Crippen molar-refractivity contribution in [3.8, 4) is 0 Å². The first-order valence-corrected chi connectivity index (χ1v) is 9.36. The first kappa shape index (κ1) is 16.7. The van der Waals surface area contributed by atoms with Crippen LogP contribution in [0.2, 0.25) is 0 Å². The predicted octanol–water partition coefficient (Wildman–Crippen LogP) is 2.91. The zero-order chi connectivity index (χ0) is 16.4. The minimum absolute atomic E-state index is 0.0877. The third-order valence-electron chi connectivity index (χ3n) is 4.96. The zero-order valence-electron chi connectivity index (χ0n) is 14.4. The van der Waals surface area contributed by atoms with Crippen LogP contribution in [0.4, 0.5) is 0 Å². The Morgan fingerprint density at radius 3 is 2.70 bits per heavy atom. The number of nitrogens with one attached hydrogen (secondary N) is 1. The number of hydrogen-bond donors (Lipinski definition) is 1. The van der Waals surface area contributed by atoms with E-state index in [1.165, 1.54) is 49.3 Å². The minimum atomic E-state index is -0.0877. The topological polar surface area (TPSA) is 37.3 Å². The highest BCUT2D eigenvalue weighted by Crippen LogP contribution is 2.25. The van der Waals surface area contributed by atoms with E-state index in [2.05, 4.69) is 42.3 Å². The van der Waals surface area contributed by atoms with Gasteiger partial charge in [0, 0.05) is 25.7 Å². The summed E-state index contributed by atoms with van der Waals surface area (Å²) in [4.78, 5) is 14.5. The number of nitrogens with zero attached hydrogens (tertiary/aromatic N) is 2. The SMILES string of the molecule is Cn1c(=O)sc2cc(C(C)(C)NCCN3CCCCC3)ccc21. The molecule has 1 aromatic carbocycles. The highest BCUT2D eigenvalue weighted by Gasteiger charge is 2.21. The summed E-state index contributed by atoms with van der Waals surface area (Å²) in [6, 6.07) is 6.37. The van der Waals surface area contributed by atoms with Gasteiger partial charge in [-0.3, -0.25) is 4.79 Å². The Kier molecular flexibility index (Phi) is 4.90. The van der Waals surface area contributed by atoms with Crippen LogP contribution in [-0.4, -0.2) is 35.6 Å².